The van der Waals surface area contributed by atoms with Gasteiger partial charge in [0.1, 0.15) is 0 Å². The molecule has 0 saturated carbocycles. The van der Waals surface area contributed by atoms with Gasteiger partial charge in [-0.1, -0.05) is 44.2 Å². The summed E-state index contributed by atoms with van der Waals surface area (Å²) in [7, 11) is 0. The third-order valence-corrected chi connectivity index (χ3v) is 6.14. The van der Waals surface area contributed by atoms with Gasteiger partial charge in [-0.25, -0.2) is 0 Å². The molecule has 17 heavy (non-hydrogen) atoms. The summed E-state index contributed by atoms with van der Waals surface area (Å²) in [5, 5.41) is 0.979. The van der Waals surface area contributed by atoms with Crippen molar-refractivity contribution in [2.75, 3.05) is 0 Å². The van der Waals surface area contributed by atoms with Gasteiger partial charge >= 0.3 is 0 Å². The normalized spacial score (nSPS) is 11.5. The molecule has 0 spiro atoms. The lowest BCUT2D eigenvalue weighted by atomic mass is 10.1. The Bertz CT molecular complexity index is 482. The van der Waals surface area contributed by atoms with Crippen molar-refractivity contribution >= 4 is 43.7 Å². The molecule has 2 rings (SSSR count). The van der Waals surface area contributed by atoms with Crippen molar-refractivity contribution in [3.63, 3.8) is 0 Å². The Morgan fingerprint density at radius 2 is 1.88 bits per heavy atom. The van der Waals surface area contributed by atoms with Gasteiger partial charge in [0.2, 0.25) is 0 Å². The van der Waals surface area contributed by atoms with Gasteiger partial charge in [0, 0.05) is 14.5 Å². The van der Waals surface area contributed by atoms with E-state index >= 15 is 0 Å². The lowest BCUT2D eigenvalue weighted by molar-refractivity contribution is 0.634. The molecule has 0 aromatic carbocycles. The molecule has 2 aromatic rings. The van der Waals surface area contributed by atoms with Crippen LogP contribution in [0.1, 0.15) is 48.8 Å². The zero-order valence-corrected chi connectivity index (χ0v) is 12.9. The molecule has 0 radical (unpaired) electrons. The standard InChI is InChI=1S/C14H19ClS2/c1-3-4-5-6-7-8-11-9-12-14(17-11)13(15)10(2)16-12/h9H,3-8H2,1-2H3. The number of rotatable bonds is 6. The summed E-state index contributed by atoms with van der Waals surface area (Å²) in [6, 6.07) is 2.34. The van der Waals surface area contributed by atoms with Crippen LogP contribution in [0.2, 0.25) is 5.02 Å². The average molecular weight is 287 g/mol. The maximum Gasteiger partial charge on any atom is 0.0720 e. The highest BCUT2D eigenvalue weighted by Gasteiger charge is 2.10. The summed E-state index contributed by atoms with van der Waals surface area (Å²) in [6.07, 6.45) is 8.01. The number of thiophene rings is 2. The first-order chi connectivity index (χ1) is 8.22. The third kappa shape index (κ3) is 3.24. The maximum absolute atomic E-state index is 6.28. The second-order valence-electron chi connectivity index (χ2n) is 4.54. The smallest absolute Gasteiger partial charge is 0.0720 e. The molecule has 0 aliphatic carbocycles. The van der Waals surface area contributed by atoms with Crippen molar-refractivity contribution in [1.82, 2.24) is 0 Å². The number of aryl methyl sites for hydroxylation is 2. The Morgan fingerprint density at radius 1 is 1.12 bits per heavy atom. The summed E-state index contributed by atoms with van der Waals surface area (Å²) in [6.45, 7) is 4.36. The van der Waals surface area contributed by atoms with E-state index in [4.69, 9.17) is 11.6 Å². The van der Waals surface area contributed by atoms with Gasteiger partial charge in [-0.2, -0.15) is 0 Å². The van der Waals surface area contributed by atoms with E-state index in [-0.39, 0.29) is 0 Å². The molecule has 0 aliphatic rings. The van der Waals surface area contributed by atoms with Gasteiger partial charge in [-0.05, 0) is 25.8 Å². The number of halogens is 1. The van der Waals surface area contributed by atoms with Crippen LogP contribution in [0.5, 0.6) is 0 Å². The Morgan fingerprint density at radius 3 is 2.59 bits per heavy atom. The highest BCUT2D eigenvalue weighted by atomic mass is 35.5. The molecule has 0 N–H and O–H groups in total. The van der Waals surface area contributed by atoms with Crippen LogP contribution in [0.15, 0.2) is 6.07 Å². The fourth-order valence-corrected chi connectivity index (χ4v) is 4.83. The van der Waals surface area contributed by atoms with E-state index in [0.717, 1.165) is 5.02 Å². The molecule has 0 atom stereocenters. The van der Waals surface area contributed by atoms with E-state index in [9.17, 15) is 0 Å². The van der Waals surface area contributed by atoms with E-state index < -0.39 is 0 Å². The molecule has 0 aliphatic heterocycles. The second-order valence-corrected chi connectivity index (χ2v) is 7.31. The molecule has 2 aromatic heterocycles. The van der Waals surface area contributed by atoms with Gasteiger partial charge in [0.25, 0.3) is 0 Å². The third-order valence-electron chi connectivity index (χ3n) is 3.05. The van der Waals surface area contributed by atoms with E-state index in [2.05, 4.69) is 19.9 Å². The first kappa shape index (κ1) is 13.4. The highest BCUT2D eigenvalue weighted by molar-refractivity contribution is 7.28. The summed E-state index contributed by atoms with van der Waals surface area (Å²) < 4.78 is 2.68. The first-order valence-electron chi connectivity index (χ1n) is 6.39. The molecule has 0 saturated heterocycles. The lowest BCUT2D eigenvalue weighted by Gasteiger charge is -1.98. The number of hydrogen-bond acceptors (Lipinski definition) is 2. The number of unbranched alkanes of at least 4 members (excludes halogenated alkanes) is 4. The van der Waals surface area contributed by atoms with E-state index in [1.54, 1.807) is 0 Å². The first-order valence-corrected chi connectivity index (χ1v) is 8.40. The minimum absolute atomic E-state index is 0.979. The predicted molar refractivity (Wildman–Crippen MR) is 81.9 cm³/mol. The minimum atomic E-state index is 0.979. The van der Waals surface area contributed by atoms with Crippen LogP contribution in [-0.4, -0.2) is 0 Å². The molecule has 0 unspecified atom stereocenters. The molecule has 0 bridgehead atoms. The molecule has 94 valence electrons. The molecule has 2 heterocycles. The van der Waals surface area contributed by atoms with Gasteiger partial charge in [-0.3, -0.25) is 0 Å². The van der Waals surface area contributed by atoms with E-state index in [1.165, 1.54) is 57.7 Å². The van der Waals surface area contributed by atoms with Crippen LogP contribution < -0.4 is 0 Å². The fraction of sp³-hybridized carbons (Fsp3) is 0.571. The van der Waals surface area contributed by atoms with Crippen LogP contribution >= 0.6 is 34.3 Å². The summed E-state index contributed by atoms with van der Waals surface area (Å²) >= 11 is 9.99. The highest BCUT2D eigenvalue weighted by Crippen LogP contribution is 2.40. The molecule has 0 amide bonds. The van der Waals surface area contributed by atoms with E-state index in [1.807, 2.05) is 22.7 Å². The second kappa shape index (κ2) is 6.21. The quantitative estimate of drug-likeness (QED) is 0.536. The van der Waals surface area contributed by atoms with Crippen LogP contribution in [0.4, 0.5) is 0 Å². The summed E-state index contributed by atoms with van der Waals surface area (Å²) in [5.74, 6) is 0. The van der Waals surface area contributed by atoms with Crippen molar-refractivity contribution in [2.24, 2.45) is 0 Å². The summed E-state index contributed by atoms with van der Waals surface area (Å²) in [4.78, 5) is 2.76. The lowest BCUT2D eigenvalue weighted by Crippen LogP contribution is -1.81. The fourth-order valence-electron chi connectivity index (χ4n) is 2.05. The SMILES string of the molecule is CCCCCCCc1cc2sc(C)c(Cl)c2s1. The maximum atomic E-state index is 6.28. The topological polar surface area (TPSA) is 0 Å². The van der Waals surface area contributed by atoms with Crippen molar-refractivity contribution in [2.45, 2.75) is 52.4 Å². The van der Waals surface area contributed by atoms with Crippen molar-refractivity contribution in [3.8, 4) is 0 Å². The monoisotopic (exact) mass is 286 g/mol. The zero-order chi connectivity index (χ0) is 12.3. The van der Waals surface area contributed by atoms with Crippen LogP contribution in [-0.2, 0) is 6.42 Å². The van der Waals surface area contributed by atoms with Gasteiger partial charge in [0.15, 0.2) is 0 Å². The van der Waals surface area contributed by atoms with Crippen molar-refractivity contribution < 1.29 is 0 Å². The Hall–Kier alpha value is -0.0500. The molecular weight excluding hydrogens is 268 g/mol. The Labute approximate surface area is 117 Å². The molecule has 0 nitrogen and oxygen atoms in total. The number of hydrogen-bond donors (Lipinski definition) is 0. The largest absolute Gasteiger partial charge is 0.138 e. The zero-order valence-electron chi connectivity index (χ0n) is 10.5. The molecule has 0 fully saturated rings. The minimum Gasteiger partial charge on any atom is -0.138 e. The van der Waals surface area contributed by atoms with Crippen LogP contribution in [0, 0.1) is 6.92 Å². The predicted octanol–water partition coefficient (Wildman–Crippen LogP) is 6.44. The van der Waals surface area contributed by atoms with Crippen LogP contribution in [0.25, 0.3) is 9.40 Å². The Balaban J connectivity index is 1.91. The van der Waals surface area contributed by atoms with Gasteiger partial charge in [-0.15, -0.1) is 22.7 Å². The average Bonchev–Trinajstić information content (AvgIpc) is 2.80. The van der Waals surface area contributed by atoms with Crippen molar-refractivity contribution in [1.29, 1.82) is 0 Å². The summed E-state index contributed by atoms with van der Waals surface area (Å²) in [5.41, 5.74) is 0. The van der Waals surface area contributed by atoms with Gasteiger partial charge in [0.05, 0.1) is 9.72 Å². The molecular formula is C14H19ClS2. The van der Waals surface area contributed by atoms with Gasteiger partial charge < -0.3 is 0 Å². The molecule has 3 heteroatoms. The number of fused-ring (bicyclic) bond motifs is 1. The Kier molecular flexibility index (Phi) is 4.89. The van der Waals surface area contributed by atoms with Crippen LogP contribution in [0.3, 0.4) is 0 Å². The van der Waals surface area contributed by atoms with E-state index in [0.29, 0.717) is 0 Å². The van der Waals surface area contributed by atoms with Crippen molar-refractivity contribution in [3.05, 3.63) is 20.8 Å².